The molecule has 0 spiro atoms. The van der Waals surface area contributed by atoms with Crippen molar-refractivity contribution in [3.05, 3.63) is 58.7 Å². The number of hydrogen-bond acceptors (Lipinski definition) is 4. The van der Waals surface area contributed by atoms with Gasteiger partial charge in [-0.05, 0) is 35.4 Å². The van der Waals surface area contributed by atoms with Gasteiger partial charge in [0.1, 0.15) is 25.8 Å². The van der Waals surface area contributed by atoms with Gasteiger partial charge in [-0.3, -0.25) is 0 Å². The molecule has 2 N–H and O–H groups in total. The van der Waals surface area contributed by atoms with Crippen LogP contribution in [0.15, 0.2) is 36.4 Å². The third kappa shape index (κ3) is 4.11. The molecule has 0 aromatic heterocycles. The molecule has 0 fully saturated rings. The summed E-state index contributed by atoms with van der Waals surface area (Å²) in [7, 11) is 1.79. The minimum atomic E-state index is -1.04. The van der Waals surface area contributed by atoms with Gasteiger partial charge in [0.25, 0.3) is 0 Å². The van der Waals surface area contributed by atoms with E-state index >= 15 is 0 Å². The Hall–Kier alpha value is -2.41. The minimum Gasteiger partial charge on any atom is -0.488 e. The number of aromatic carboxylic acids is 2. The Kier molecular flexibility index (Phi) is 5.92. The number of carboxylic acids is 2. The van der Waals surface area contributed by atoms with Crippen molar-refractivity contribution in [3.8, 4) is 5.75 Å². The van der Waals surface area contributed by atoms with Crippen molar-refractivity contribution in [1.29, 1.82) is 0 Å². The molecule has 5 nitrogen and oxygen atoms in total. The van der Waals surface area contributed by atoms with E-state index in [9.17, 15) is 14.7 Å². The SMILES string of the molecule is Bc1cc(C(=O)O)ccc1COc1cccc(CCS)c1C(=O)O. The van der Waals surface area contributed by atoms with Gasteiger partial charge in [0.15, 0.2) is 0 Å². The minimum absolute atomic E-state index is 0.145. The second kappa shape index (κ2) is 7.92. The molecule has 0 radical (unpaired) electrons. The number of aryl methyl sites for hydroxylation is 1. The molecule has 24 heavy (non-hydrogen) atoms. The highest BCUT2D eigenvalue weighted by atomic mass is 32.1. The summed E-state index contributed by atoms with van der Waals surface area (Å²) in [6, 6.07) is 9.86. The quantitative estimate of drug-likeness (QED) is 0.522. The van der Waals surface area contributed by atoms with E-state index in [-0.39, 0.29) is 17.7 Å². The Bertz CT molecular complexity index is 776. The van der Waals surface area contributed by atoms with Gasteiger partial charge in [0.2, 0.25) is 0 Å². The molecule has 0 aliphatic rings. The Morgan fingerprint density at radius 3 is 2.42 bits per heavy atom. The van der Waals surface area contributed by atoms with Gasteiger partial charge in [-0.15, -0.1) is 0 Å². The lowest BCUT2D eigenvalue weighted by molar-refractivity contribution is 0.0681. The second-order valence-electron chi connectivity index (χ2n) is 5.30. The van der Waals surface area contributed by atoms with Crippen molar-refractivity contribution < 1.29 is 24.5 Å². The van der Waals surface area contributed by atoms with Crippen LogP contribution in [-0.4, -0.2) is 35.8 Å². The highest BCUT2D eigenvalue weighted by molar-refractivity contribution is 7.80. The summed E-state index contributed by atoms with van der Waals surface area (Å²) in [6.45, 7) is 0.163. The predicted molar refractivity (Wildman–Crippen MR) is 96.9 cm³/mol. The fourth-order valence-electron chi connectivity index (χ4n) is 2.41. The maximum absolute atomic E-state index is 11.5. The van der Waals surface area contributed by atoms with Crippen LogP contribution in [0.5, 0.6) is 5.75 Å². The van der Waals surface area contributed by atoms with Crippen LogP contribution in [0.25, 0.3) is 0 Å². The summed E-state index contributed by atoms with van der Waals surface area (Å²) in [4.78, 5) is 22.5. The molecule has 0 heterocycles. The summed E-state index contributed by atoms with van der Waals surface area (Å²) in [5, 5.41) is 18.4. The van der Waals surface area contributed by atoms with E-state index in [0.29, 0.717) is 23.5 Å². The lowest BCUT2D eigenvalue weighted by atomic mass is 9.89. The Balaban J connectivity index is 2.25. The average Bonchev–Trinajstić information content (AvgIpc) is 2.53. The van der Waals surface area contributed by atoms with Crippen molar-refractivity contribution in [2.45, 2.75) is 13.0 Å². The van der Waals surface area contributed by atoms with Gasteiger partial charge in [-0.25, -0.2) is 9.59 Å². The summed E-state index contributed by atoms with van der Waals surface area (Å²) in [5.41, 5.74) is 2.60. The molecule has 2 rings (SSSR count). The highest BCUT2D eigenvalue weighted by Gasteiger charge is 2.16. The molecule has 0 amide bonds. The van der Waals surface area contributed by atoms with E-state index in [2.05, 4.69) is 12.6 Å². The van der Waals surface area contributed by atoms with Crippen LogP contribution in [0, 0.1) is 0 Å². The zero-order chi connectivity index (χ0) is 17.7. The number of thiol groups is 1. The summed E-state index contributed by atoms with van der Waals surface area (Å²) >= 11 is 4.15. The molecule has 124 valence electrons. The van der Waals surface area contributed by atoms with Crippen molar-refractivity contribution in [2.24, 2.45) is 0 Å². The first kappa shape index (κ1) is 17.9. The summed E-state index contributed by atoms with van der Waals surface area (Å²) < 4.78 is 5.70. The zero-order valence-corrected chi connectivity index (χ0v) is 14.0. The third-order valence-corrected chi connectivity index (χ3v) is 3.90. The monoisotopic (exact) mass is 344 g/mol. The van der Waals surface area contributed by atoms with Crippen LogP contribution in [0.2, 0.25) is 0 Å². The fraction of sp³-hybridized carbons (Fsp3) is 0.176. The van der Waals surface area contributed by atoms with E-state index in [0.717, 1.165) is 11.0 Å². The molecule has 0 bridgehead atoms. The molecule has 0 atom stereocenters. The number of ether oxygens (including phenoxy) is 1. The van der Waals surface area contributed by atoms with Gasteiger partial charge in [0, 0.05) is 0 Å². The third-order valence-electron chi connectivity index (χ3n) is 3.68. The van der Waals surface area contributed by atoms with E-state index in [1.165, 1.54) is 6.07 Å². The first-order valence-electron chi connectivity index (χ1n) is 7.35. The average molecular weight is 344 g/mol. The summed E-state index contributed by atoms with van der Waals surface area (Å²) in [6.07, 6.45) is 0.536. The molecule has 2 aromatic rings. The van der Waals surface area contributed by atoms with Crippen LogP contribution in [0.1, 0.15) is 31.8 Å². The standard InChI is InChI=1S/C17H17BO5S/c18-13-8-11(16(19)20)4-5-12(13)9-23-14-3-1-2-10(6-7-24)15(14)17(21)22/h1-5,8,24H,6-7,9,18H2,(H,19,20)(H,21,22). The molecule has 0 saturated heterocycles. The Morgan fingerprint density at radius 2 is 1.83 bits per heavy atom. The van der Waals surface area contributed by atoms with Gasteiger partial charge >= 0.3 is 11.9 Å². The molecule has 0 aliphatic carbocycles. The largest absolute Gasteiger partial charge is 0.488 e. The molecule has 2 aromatic carbocycles. The molecule has 0 saturated carbocycles. The van der Waals surface area contributed by atoms with Crippen molar-refractivity contribution >= 4 is 37.9 Å². The van der Waals surface area contributed by atoms with Crippen LogP contribution >= 0.6 is 12.6 Å². The molecule has 0 aliphatic heterocycles. The van der Waals surface area contributed by atoms with Crippen molar-refractivity contribution in [3.63, 3.8) is 0 Å². The first-order chi connectivity index (χ1) is 11.4. The number of rotatable bonds is 7. The zero-order valence-electron chi connectivity index (χ0n) is 13.2. The maximum Gasteiger partial charge on any atom is 0.339 e. The van der Waals surface area contributed by atoms with Gasteiger partial charge < -0.3 is 14.9 Å². The number of carboxylic acid groups (broad SMARTS) is 2. The van der Waals surface area contributed by atoms with E-state index < -0.39 is 11.9 Å². The van der Waals surface area contributed by atoms with E-state index in [1.807, 2.05) is 0 Å². The van der Waals surface area contributed by atoms with Crippen LogP contribution < -0.4 is 10.2 Å². The fourth-order valence-corrected chi connectivity index (χ4v) is 2.66. The van der Waals surface area contributed by atoms with Crippen molar-refractivity contribution in [2.75, 3.05) is 5.75 Å². The number of benzene rings is 2. The number of carbonyl (C=O) groups is 2. The van der Waals surface area contributed by atoms with Gasteiger partial charge in [-0.2, -0.15) is 12.6 Å². The summed E-state index contributed by atoms with van der Waals surface area (Å²) in [5.74, 6) is -1.19. The Morgan fingerprint density at radius 1 is 1.08 bits per heavy atom. The Labute approximate surface area is 146 Å². The molecular formula is C17H17BO5S. The smallest absolute Gasteiger partial charge is 0.339 e. The van der Waals surface area contributed by atoms with Gasteiger partial charge in [-0.1, -0.05) is 29.7 Å². The predicted octanol–water partition coefficient (Wildman–Crippen LogP) is 1.39. The second-order valence-corrected chi connectivity index (χ2v) is 5.75. The molecular weight excluding hydrogens is 327 g/mol. The normalized spacial score (nSPS) is 10.4. The first-order valence-corrected chi connectivity index (χ1v) is 7.99. The van der Waals surface area contributed by atoms with Crippen LogP contribution in [0.3, 0.4) is 0 Å². The lowest BCUT2D eigenvalue weighted by Gasteiger charge is -2.14. The van der Waals surface area contributed by atoms with Crippen molar-refractivity contribution in [1.82, 2.24) is 0 Å². The van der Waals surface area contributed by atoms with Crippen LogP contribution in [-0.2, 0) is 13.0 Å². The van der Waals surface area contributed by atoms with Gasteiger partial charge in [0.05, 0.1) is 5.56 Å². The van der Waals surface area contributed by atoms with E-state index in [4.69, 9.17) is 9.84 Å². The molecule has 7 heteroatoms. The topological polar surface area (TPSA) is 83.8 Å². The number of hydrogen-bond donors (Lipinski definition) is 3. The maximum atomic E-state index is 11.5. The van der Waals surface area contributed by atoms with Crippen LogP contribution in [0.4, 0.5) is 0 Å². The van der Waals surface area contributed by atoms with E-state index in [1.54, 1.807) is 38.2 Å². The molecule has 0 unspecified atom stereocenters. The highest BCUT2D eigenvalue weighted by Crippen LogP contribution is 2.24. The lowest BCUT2D eigenvalue weighted by Crippen LogP contribution is -2.16.